The second kappa shape index (κ2) is 8.97. The van der Waals surface area contributed by atoms with Gasteiger partial charge in [-0.3, -0.25) is 0 Å². The summed E-state index contributed by atoms with van der Waals surface area (Å²) >= 11 is 0. The lowest BCUT2D eigenvalue weighted by Gasteiger charge is -2.15. The molecule has 0 heterocycles. The summed E-state index contributed by atoms with van der Waals surface area (Å²) < 4.78 is 5.19. The van der Waals surface area contributed by atoms with Crippen molar-refractivity contribution in [1.29, 1.82) is 0 Å². The fourth-order valence-electron chi connectivity index (χ4n) is 0.976. The average molecular weight is 175 g/mol. The molecule has 0 aliphatic rings. The molecule has 0 saturated carbocycles. The maximum atomic E-state index is 8.93. The van der Waals surface area contributed by atoms with Crippen LogP contribution in [0.1, 0.15) is 26.7 Å². The topological polar surface area (TPSA) is 41.5 Å². The molecule has 0 spiro atoms. The Balaban J connectivity index is 3.26. The van der Waals surface area contributed by atoms with Gasteiger partial charge in [-0.2, -0.15) is 0 Å². The van der Waals surface area contributed by atoms with Gasteiger partial charge in [-0.05, 0) is 26.3 Å². The van der Waals surface area contributed by atoms with E-state index < -0.39 is 0 Å². The van der Waals surface area contributed by atoms with Crippen molar-refractivity contribution < 1.29 is 9.84 Å². The molecule has 1 atom stereocenters. The summed E-state index contributed by atoms with van der Waals surface area (Å²) in [6, 6.07) is 0.205. The average Bonchev–Trinajstić information content (AvgIpc) is 2.11. The fourth-order valence-corrected chi connectivity index (χ4v) is 0.976. The van der Waals surface area contributed by atoms with Crippen molar-refractivity contribution in [3.63, 3.8) is 0 Å². The summed E-state index contributed by atoms with van der Waals surface area (Å²) in [6.07, 6.45) is 2.00. The van der Waals surface area contributed by atoms with Gasteiger partial charge in [0, 0.05) is 19.3 Å². The Kier molecular flexibility index (Phi) is 8.88. The number of rotatable bonds is 8. The summed E-state index contributed by atoms with van der Waals surface area (Å²) in [5.74, 6) is 0. The van der Waals surface area contributed by atoms with Crippen molar-refractivity contribution in [2.24, 2.45) is 0 Å². The Bertz CT molecular complexity index is 88.6. The molecule has 0 saturated heterocycles. The van der Waals surface area contributed by atoms with Crippen LogP contribution in [0, 0.1) is 0 Å². The zero-order chi connectivity index (χ0) is 9.23. The highest BCUT2D eigenvalue weighted by atomic mass is 16.5. The molecule has 0 radical (unpaired) electrons. The van der Waals surface area contributed by atoms with Gasteiger partial charge in [0.05, 0.1) is 6.61 Å². The predicted octanol–water partition coefficient (Wildman–Crippen LogP) is 0.773. The molecule has 0 rings (SSSR count). The van der Waals surface area contributed by atoms with Gasteiger partial charge in [-0.1, -0.05) is 6.92 Å². The van der Waals surface area contributed by atoms with Crippen molar-refractivity contribution in [1.82, 2.24) is 5.32 Å². The monoisotopic (exact) mass is 175 g/mol. The first-order chi connectivity index (χ1) is 5.85. The lowest BCUT2D eigenvalue weighted by atomic mass is 10.2. The van der Waals surface area contributed by atoms with E-state index in [1.807, 2.05) is 6.92 Å². The number of hydrogen-bond donors (Lipinski definition) is 2. The van der Waals surface area contributed by atoms with Crippen molar-refractivity contribution in [3.8, 4) is 0 Å². The van der Waals surface area contributed by atoms with Gasteiger partial charge >= 0.3 is 0 Å². The molecule has 2 N–H and O–H groups in total. The molecular weight excluding hydrogens is 154 g/mol. The van der Waals surface area contributed by atoms with Crippen LogP contribution in [-0.2, 0) is 4.74 Å². The van der Waals surface area contributed by atoms with Crippen molar-refractivity contribution >= 4 is 0 Å². The largest absolute Gasteiger partial charge is 0.395 e. The van der Waals surface area contributed by atoms with Crippen molar-refractivity contribution in [2.45, 2.75) is 32.7 Å². The number of nitrogens with one attached hydrogen (secondary N) is 1. The minimum absolute atomic E-state index is 0.201. The summed E-state index contributed by atoms with van der Waals surface area (Å²) in [6.45, 7) is 6.76. The van der Waals surface area contributed by atoms with Crippen molar-refractivity contribution in [3.05, 3.63) is 0 Å². The van der Waals surface area contributed by atoms with Gasteiger partial charge in [0.2, 0.25) is 0 Å². The van der Waals surface area contributed by atoms with Gasteiger partial charge in [0.1, 0.15) is 0 Å². The van der Waals surface area contributed by atoms with Crippen LogP contribution in [-0.4, -0.2) is 37.5 Å². The van der Waals surface area contributed by atoms with Crippen LogP contribution >= 0.6 is 0 Å². The Morgan fingerprint density at radius 3 is 2.67 bits per heavy atom. The normalized spacial score (nSPS) is 13.2. The Hall–Kier alpha value is -0.120. The zero-order valence-electron chi connectivity index (χ0n) is 8.18. The highest BCUT2D eigenvalue weighted by Crippen LogP contribution is 1.92. The van der Waals surface area contributed by atoms with Gasteiger partial charge in [0.15, 0.2) is 0 Å². The molecule has 0 aromatic heterocycles. The first-order valence-electron chi connectivity index (χ1n) is 4.77. The molecule has 12 heavy (non-hydrogen) atoms. The summed E-state index contributed by atoms with van der Waals surface area (Å²) in [5.41, 5.74) is 0. The lowest BCUT2D eigenvalue weighted by molar-refractivity contribution is 0.124. The minimum Gasteiger partial charge on any atom is -0.395 e. The quantitative estimate of drug-likeness (QED) is 0.535. The Morgan fingerprint density at radius 2 is 2.17 bits per heavy atom. The van der Waals surface area contributed by atoms with Gasteiger partial charge < -0.3 is 15.2 Å². The highest BCUT2D eigenvalue weighted by molar-refractivity contribution is 4.63. The van der Waals surface area contributed by atoms with E-state index in [1.54, 1.807) is 0 Å². The first kappa shape index (κ1) is 11.9. The number of ether oxygens (including phenoxy) is 1. The van der Waals surface area contributed by atoms with E-state index >= 15 is 0 Å². The number of aliphatic hydroxyl groups is 1. The van der Waals surface area contributed by atoms with E-state index in [0.29, 0.717) is 0 Å². The zero-order valence-corrected chi connectivity index (χ0v) is 8.18. The van der Waals surface area contributed by atoms with E-state index in [1.165, 1.54) is 0 Å². The summed E-state index contributed by atoms with van der Waals surface area (Å²) in [5, 5.41) is 12.2. The third kappa shape index (κ3) is 6.58. The van der Waals surface area contributed by atoms with Crippen LogP contribution in [0.3, 0.4) is 0 Å². The van der Waals surface area contributed by atoms with Gasteiger partial charge in [-0.25, -0.2) is 0 Å². The molecule has 0 bridgehead atoms. The van der Waals surface area contributed by atoms with E-state index in [-0.39, 0.29) is 12.6 Å². The Morgan fingerprint density at radius 1 is 1.42 bits per heavy atom. The van der Waals surface area contributed by atoms with E-state index in [2.05, 4.69) is 12.2 Å². The maximum absolute atomic E-state index is 8.93. The lowest BCUT2D eigenvalue weighted by Crippen LogP contribution is -2.34. The SMILES string of the molecule is CCCNC(CO)CCOCC. The smallest absolute Gasteiger partial charge is 0.0585 e. The standard InChI is InChI=1S/C9H21NO2/c1-3-6-10-9(8-11)5-7-12-4-2/h9-11H,3-8H2,1-2H3. The van der Waals surface area contributed by atoms with Crippen molar-refractivity contribution in [2.75, 3.05) is 26.4 Å². The molecular formula is C9H21NO2. The summed E-state index contributed by atoms with van der Waals surface area (Å²) in [7, 11) is 0. The maximum Gasteiger partial charge on any atom is 0.0585 e. The third-order valence-corrected chi connectivity index (χ3v) is 1.72. The van der Waals surface area contributed by atoms with Gasteiger partial charge in [-0.15, -0.1) is 0 Å². The van der Waals surface area contributed by atoms with Crippen LogP contribution in [0.5, 0.6) is 0 Å². The van der Waals surface area contributed by atoms with E-state index in [0.717, 1.165) is 32.6 Å². The molecule has 0 amide bonds. The second-order valence-corrected chi connectivity index (χ2v) is 2.82. The number of hydrogen-bond acceptors (Lipinski definition) is 3. The van der Waals surface area contributed by atoms with Crippen LogP contribution in [0.4, 0.5) is 0 Å². The molecule has 0 fully saturated rings. The van der Waals surface area contributed by atoms with Crippen LogP contribution in [0.15, 0.2) is 0 Å². The van der Waals surface area contributed by atoms with Crippen LogP contribution in [0.2, 0.25) is 0 Å². The fraction of sp³-hybridized carbons (Fsp3) is 1.00. The Labute approximate surface area is 75.1 Å². The summed E-state index contributed by atoms with van der Waals surface area (Å²) in [4.78, 5) is 0. The molecule has 0 aromatic carbocycles. The third-order valence-electron chi connectivity index (χ3n) is 1.72. The molecule has 0 aromatic rings. The van der Waals surface area contributed by atoms with E-state index in [9.17, 15) is 0 Å². The second-order valence-electron chi connectivity index (χ2n) is 2.82. The predicted molar refractivity (Wildman–Crippen MR) is 50.3 cm³/mol. The highest BCUT2D eigenvalue weighted by Gasteiger charge is 2.04. The first-order valence-corrected chi connectivity index (χ1v) is 4.77. The molecule has 74 valence electrons. The van der Waals surface area contributed by atoms with Gasteiger partial charge in [0.25, 0.3) is 0 Å². The number of aliphatic hydroxyl groups excluding tert-OH is 1. The van der Waals surface area contributed by atoms with Crippen LogP contribution in [0.25, 0.3) is 0 Å². The van der Waals surface area contributed by atoms with E-state index in [4.69, 9.17) is 9.84 Å². The molecule has 0 aliphatic carbocycles. The molecule has 1 unspecified atom stereocenters. The molecule has 3 heteroatoms. The van der Waals surface area contributed by atoms with Crippen LogP contribution < -0.4 is 5.32 Å². The molecule has 3 nitrogen and oxygen atoms in total. The minimum atomic E-state index is 0.201. The molecule has 0 aliphatic heterocycles.